The number of anilines is 1. The number of hydrogen-bond acceptors (Lipinski definition) is 5. The van der Waals surface area contributed by atoms with Crippen molar-refractivity contribution in [3.8, 4) is 11.8 Å². The number of carbonyl (C=O) groups is 1. The van der Waals surface area contributed by atoms with Crippen LogP contribution in [0.3, 0.4) is 0 Å². The summed E-state index contributed by atoms with van der Waals surface area (Å²) in [6.07, 6.45) is -1.46. The predicted molar refractivity (Wildman–Crippen MR) is 79.7 cm³/mol. The summed E-state index contributed by atoms with van der Waals surface area (Å²) < 4.78 is 32.0. The second-order valence-corrected chi connectivity index (χ2v) is 5.66. The second kappa shape index (κ2) is 7.52. The molecule has 0 saturated carbocycles. The average molecular weight is 311 g/mol. The van der Waals surface area contributed by atoms with Crippen LogP contribution in [0.2, 0.25) is 0 Å². The van der Waals surface area contributed by atoms with Gasteiger partial charge in [-0.3, -0.25) is 4.72 Å². The van der Waals surface area contributed by atoms with Crippen molar-refractivity contribution in [2.24, 2.45) is 5.73 Å². The van der Waals surface area contributed by atoms with E-state index in [0.29, 0.717) is 5.56 Å². The van der Waals surface area contributed by atoms with Gasteiger partial charge in [0.05, 0.1) is 18.3 Å². The maximum atomic E-state index is 11.7. The lowest BCUT2D eigenvalue weighted by Gasteiger charge is -2.11. The molecule has 0 saturated heterocycles. The Morgan fingerprint density at radius 3 is 2.48 bits per heavy atom. The lowest BCUT2D eigenvalue weighted by Crippen LogP contribution is -2.36. The van der Waals surface area contributed by atoms with Crippen LogP contribution in [0.25, 0.3) is 0 Å². The lowest BCUT2D eigenvalue weighted by atomic mass is 10.2. The van der Waals surface area contributed by atoms with E-state index in [9.17, 15) is 13.2 Å². The van der Waals surface area contributed by atoms with Crippen molar-refractivity contribution in [3.63, 3.8) is 0 Å². The van der Waals surface area contributed by atoms with Gasteiger partial charge in [-0.25, -0.2) is 9.52 Å². The maximum Gasteiger partial charge on any atom is 0.422 e. The van der Waals surface area contributed by atoms with Gasteiger partial charge in [-0.15, -0.1) is 0 Å². The van der Waals surface area contributed by atoms with Crippen molar-refractivity contribution in [1.82, 2.24) is 4.72 Å². The standard InChI is InChI=1S/C13H17N3O4S/c1-10(2)20-13(17)16-21(18,19)15-12-7-5-11(6-8-12)4-3-9-14/h5-8,10,15H,9,14H2,1-2H3,(H,16,17). The summed E-state index contributed by atoms with van der Waals surface area (Å²) in [7, 11) is -4.04. The molecule has 8 heteroatoms. The Bertz CT molecular complexity index is 642. The maximum absolute atomic E-state index is 11.7. The molecule has 4 N–H and O–H groups in total. The Morgan fingerprint density at radius 1 is 1.33 bits per heavy atom. The van der Waals surface area contributed by atoms with E-state index in [1.165, 1.54) is 12.1 Å². The fraction of sp³-hybridized carbons (Fsp3) is 0.308. The van der Waals surface area contributed by atoms with Crippen LogP contribution in [0.4, 0.5) is 10.5 Å². The van der Waals surface area contributed by atoms with E-state index in [2.05, 4.69) is 21.3 Å². The minimum atomic E-state index is -4.04. The van der Waals surface area contributed by atoms with Gasteiger partial charge in [0.2, 0.25) is 0 Å². The molecule has 0 fully saturated rings. The smallest absolute Gasteiger partial charge is 0.422 e. The Labute approximate surface area is 124 Å². The van der Waals surface area contributed by atoms with Gasteiger partial charge in [0.15, 0.2) is 0 Å². The van der Waals surface area contributed by atoms with E-state index in [1.807, 2.05) is 0 Å². The first-order valence-corrected chi connectivity index (χ1v) is 7.61. The zero-order chi connectivity index (χ0) is 15.9. The number of carbonyl (C=O) groups excluding carboxylic acids is 1. The molecule has 114 valence electrons. The minimum absolute atomic E-state index is 0.246. The van der Waals surface area contributed by atoms with E-state index >= 15 is 0 Å². The van der Waals surface area contributed by atoms with Crippen molar-refractivity contribution in [1.29, 1.82) is 0 Å². The Morgan fingerprint density at radius 2 is 1.95 bits per heavy atom. The number of ether oxygens (including phenoxy) is 1. The zero-order valence-electron chi connectivity index (χ0n) is 11.7. The van der Waals surface area contributed by atoms with E-state index in [4.69, 9.17) is 5.73 Å². The van der Waals surface area contributed by atoms with Gasteiger partial charge in [-0.2, -0.15) is 8.42 Å². The van der Waals surface area contributed by atoms with Gasteiger partial charge >= 0.3 is 16.3 Å². The molecular formula is C13H17N3O4S. The average Bonchev–Trinajstić information content (AvgIpc) is 2.35. The number of benzene rings is 1. The molecule has 0 aromatic heterocycles. The molecule has 1 amide bonds. The fourth-order valence-electron chi connectivity index (χ4n) is 1.30. The summed E-state index contributed by atoms with van der Waals surface area (Å²) in [5.74, 6) is 5.49. The molecule has 1 rings (SSSR count). The number of hydrogen-bond donors (Lipinski definition) is 3. The molecule has 0 unspecified atom stereocenters. The predicted octanol–water partition coefficient (Wildman–Crippen LogP) is 0.788. The molecule has 0 aliphatic carbocycles. The van der Waals surface area contributed by atoms with Gasteiger partial charge in [-0.1, -0.05) is 11.8 Å². The molecule has 0 bridgehead atoms. The first kappa shape index (κ1) is 16.8. The summed E-state index contributed by atoms with van der Waals surface area (Å²) in [5, 5.41) is 0. The van der Waals surface area contributed by atoms with E-state index in [1.54, 1.807) is 30.7 Å². The van der Waals surface area contributed by atoms with E-state index in [-0.39, 0.29) is 12.2 Å². The molecule has 1 aromatic carbocycles. The van der Waals surface area contributed by atoms with Crippen LogP contribution in [0.15, 0.2) is 24.3 Å². The van der Waals surface area contributed by atoms with Crippen molar-refractivity contribution < 1.29 is 17.9 Å². The third-order valence-electron chi connectivity index (χ3n) is 2.03. The highest BCUT2D eigenvalue weighted by Gasteiger charge is 2.16. The Hall–Kier alpha value is -2.24. The zero-order valence-corrected chi connectivity index (χ0v) is 12.5. The lowest BCUT2D eigenvalue weighted by molar-refractivity contribution is 0.121. The van der Waals surface area contributed by atoms with Crippen LogP contribution < -0.4 is 15.2 Å². The van der Waals surface area contributed by atoms with Gasteiger partial charge in [0, 0.05) is 5.56 Å². The molecule has 0 aliphatic rings. The summed E-state index contributed by atoms with van der Waals surface area (Å²) in [6.45, 7) is 3.47. The molecular weight excluding hydrogens is 294 g/mol. The molecule has 0 radical (unpaired) electrons. The highest BCUT2D eigenvalue weighted by Crippen LogP contribution is 2.10. The van der Waals surface area contributed by atoms with Gasteiger partial charge in [-0.05, 0) is 38.1 Å². The largest absolute Gasteiger partial charge is 0.446 e. The van der Waals surface area contributed by atoms with Crippen LogP contribution in [-0.4, -0.2) is 27.2 Å². The van der Waals surface area contributed by atoms with Gasteiger partial charge in [0.25, 0.3) is 0 Å². The van der Waals surface area contributed by atoms with Crippen molar-refractivity contribution >= 4 is 22.0 Å². The molecule has 0 heterocycles. The molecule has 21 heavy (non-hydrogen) atoms. The van der Waals surface area contributed by atoms with Crippen LogP contribution in [-0.2, 0) is 14.9 Å². The summed E-state index contributed by atoms with van der Waals surface area (Å²) in [4.78, 5) is 11.2. The van der Waals surface area contributed by atoms with Crippen molar-refractivity contribution in [3.05, 3.63) is 29.8 Å². The molecule has 0 atom stereocenters. The van der Waals surface area contributed by atoms with Crippen molar-refractivity contribution in [2.75, 3.05) is 11.3 Å². The number of amides is 1. The van der Waals surface area contributed by atoms with E-state index in [0.717, 1.165) is 0 Å². The van der Waals surface area contributed by atoms with Crippen LogP contribution in [0.1, 0.15) is 19.4 Å². The summed E-state index contributed by atoms with van der Waals surface area (Å²) in [6, 6.07) is 6.31. The van der Waals surface area contributed by atoms with E-state index < -0.39 is 22.4 Å². The minimum Gasteiger partial charge on any atom is -0.446 e. The summed E-state index contributed by atoms with van der Waals surface area (Å²) in [5.41, 5.74) is 6.25. The quantitative estimate of drug-likeness (QED) is 0.712. The summed E-state index contributed by atoms with van der Waals surface area (Å²) >= 11 is 0. The first-order chi connectivity index (χ1) is 9.82. The first-order valence-electron chi connectivity index (χ1n) is 6.12. The topological polar surface area (TPSA) is 111 Å². The van der Waals surface area contributed by atoms with Gasteiger partial charge < -0.3 is 10.5 Å². The number of rotatable bonds is 4. The van der Waals surface area contributed by atoms with Crippen LogP contribution in [0.5, 0.6) is 0 Å². The Kier molecular flexibility index (Phi) is 6.02. The molecule has 0 aliphatic heterocycles. The number of nitrogens with two attached hydrogens (primary N) is 1. The normalized spacial score (nSPS) is 10.5. The van der Waals surface area contributed by atoms with Crippen LogP contribution in [0, 0.1) is 11.8 Å². The third-order valence-corrected chi connectivity index (χ3v) is 2.97. The van der Waals surface area contributed by atoms with Crippen LogP contribution >= 0.6 is 0 Å². The molecule has 1 aromatic rings. The third kappa shape index (κ3) is 6.65. The second-order valence-electron chi connectivity index (χ2n) is 4.24. The molecule has 7 nitrogen and oxygen atoms in total. The highest BCUT2D eigenvalue weighted by atomic mass is 32.2. The van der Waals surface area contributed by atoms with Gasteiger partial charge in [0.1, 0.15) is 0 Å². The Balaban J connectivity index is 2.69. The SMILES string of the molecule is CC(C)OC(=O)NS(=O)(=O)Nc1ccc(C#CCN)cc1. The highest BCUT2D eigenvalue weighted by molar-refractivity contribution is 7.91. The fourth-order valence-corrected chi connectivity index (χ4v) is 2.07. The van der Waals surface area contributed by atoms with Crippen molar-refractivity contribution in [2.45, 2.75) is 20.0 Å². The molecule has 0 spiro atoms. The number of nitrogens with one attached hydrogen (secondary N) is 2. The monoisotopic (exact) mass is 311 g/mol.